The van der Waals surface area contributed by atoms with E-state index in [9.17, 15) is 5.26 Å². The number of hydrogen-bond acceptors (Lipinski definition) is 3. The Bertz CT molecular complexity index is 327. The summed E-state index contributed by atoms with van der Waals surface area (Å²) in [4.78, 5) is 2.65. The van der Waals surface area contributed by atoms with Crippen molar-refractivity contribution in [1.82, 2.24) is 10.2 Å². The largest absolute Gasteiger partial charge is 0.298 e. The van der Waals surface area contributed by atoms with Gasteiger partial charge in [0.1, 0.15) is 5.54 Å². The second kappa shape index (κ2) is 4.26. The molecule has 0 spiro atoms. The van der Waals surface area contributed by atoms with Gasteiger partial charge in [-0.05, 0) is 51.5 Å². The first-order chi connectivity index (χ1) is 8.26. The number of hydrogen-bond donors (Lipinski definition) is 1. The van der Waals surface area contributed by atoms with Crippen molar-refractivity contribution < 1.29 is 0 Å². The average molecular weight is 233 g/mol. The third kappa shape index (κ3) is 2.34. The fraction of sp³-hybridized carbons (Fsp3) is 0.929. The van der Waals surface area contributed by atoms with E-state index in [-0.39, 0.29) is 5.54 Å². The zero-order valence-corrected chi connectivity index (χ0v) is 10.8. The molecule has 0 aromatic rings. The van der Waals surface area contributed by atoms with Gasteiger partial charge in [-0.3, -0.25) is 10.2 Å². The smallest absolute Gasteiger partial charge is 0.108 e. The molecule has 0 bridgehead atoms. The second-order valence-corrected chi connectivity index (χ2v) is 6.07. The van der Waals surface area contributed by atoms with Crippen molar-refractivity contribution in [2.75, 3.05) is 6.54 Å². The summed E-state index contributed by atoms with van der Waals surface area (Å²) in [5, 5.41) is 13.1. The number of nitriles is 1. The molecule has 3 saturated carbocycles. The lowest BCUT2D eigenvalue weighted by Crippen LogP contribution is -2.45. The molecule has 17 heavy (non-hydrogen) atoms. The van der Waals surface area contributed by atoms with E-state index in [4.69, 9.17) is 0 Å². The third-order valence-corrected chi connectivity index (χ3v) is 4.61. The van der Waals surface area contributed by atoms with E-state index in [1.807, 2.05) is 0 Å². The van der Waals surface area contributed by atoms with Gasteiger partial charge in [0.15, 0.2) is 0 Å². The summed E-state index contributed by atoms with van der Waals surface area (Å²) in [5.41, 5.74) is -0.200. The highest BCUT2D eigenvalue weighted by Gasteiger charge is 2.46. The Morgan fingerprint density at radius 2 is 2.00 bits per heavy atom. The fourth-order valence-corrected chi connectivity index (χ4v) is 3.41. The molecule has 0 aliphatic heterocycles. The van der Waals surface area contributed by atoms with Crippen molar-refractivity contribution in [2.24, 2.45) is 0 Å². The minimum Gasteiger partial charge on any atom is -0.298 e. The van der Waals surface area contributed by atoms with Crippen LogP contribution >= 0.6 is 0 Å². The summed E-state index contributed by atoms with van der Waals surface area (Å²) >= 11 is 0. The second-order valence-electron chi connectivity index (χ2n) is 6.07. The van der Waals surface area contributed by atoms with E-state index in [1.54, 1.807) is 0 Å². The molecule has 0 radical (unpaired) electrons. The van der Waals surface area contributed by atoms with Crippen LogP contribution in [0.1, 0.15) is 51.9 Å². The predicted octanol–water partition coefficient (Wildman–Crippen LogP) is 2.04. The van der Waals surface area contributed by atoms with Crippen molar-refractivity contribution >= 4 is 0 Å². The lowest BCUT2D eigenvalue weighted by atomic mass is 9.99. The van der Waals surface area contributed by atoms with Crippen LogP contribution in [0.3, 0.4) is 0 Å². The standard InChI is InChI=1S/C14H23N3/c1-2-17(12-5-6-12)13-7-8-14(9-13,10-15)16-11-3-4-11/h11-13,16H,2-9H2,1H3. The Labute approximate surface area is 104 Å². The Hall–Kier alpha value is -0.590. The Kier molecular flexibility index (Phi) is 2.88. The van der Waals surface area contributed by atoms with Gasteiger partial charge in [0, 0.05) is 18.1 Å². The van der Waals surface area contributed by atoms with Crippen molar-refractivity contribution in [3.63, 3.8) is 0 Å². The maximum absolute atomic E-state index is 9.49. The van der Waals surface area contributed by atoms with E-state index in [1.165, 1.54) is 32.1 Å². The lowest BCUT2D eigenvalue weighted by Gasteiger charge is -2.29. The van der Waals surface area contributed by atoms with Crippen LogP contribution in [-0.4, -0.2) is 35.1 Å². The van der Waals surface area contributed by atoms with Gasteiger partial charge in [-0.25, -0.2) is 0 Å². The van der Waals surface area contributed by atoms with Gasteiger partial charge in [-0.1, -0.05) is 6.92 Å². The highest BCUT2D eigenvalue weighted by Crippen LogP contribution is 2.39. The molecule has 0 saturated heterocycles. The molecule has 2 unspecified atom stereocenters. The normalized spacial score (nSPS) is 37.4. The Balaban J connectivity index is 1.64. The van der Waals surface area contributed by atoms with Crippen LogP contribution in [0.2, 0.25) is 0 Å². The summed E-state index contributed by atoms with van der Waals surface area (Å²) in [5.74, 6) is 0. The van der Waals surface area contributed by atoms with E-state index in [2.05, 4.69) is 23.2 Å². The minimum absolute atomic E-state index is 0.200. The van der Waals surface area contributed by atoms with Crippen LogP contribution in [0.15, 0.2) is 0 Å². The molecule has 0 aromatic carbocycles. The molecular formula is C14H23N3. The summed E-state index contributed by atoms with van der Waals surface area (Å²) in [7, 11) is 0. The SMILES string of the molecule is CCN(C1CC1)C1CCC(C#N)(NC2CC2)C1. The summed E-state index contributed by atoms with van der Waals surface area (Å²) in [6.07, 6.45) is 8.60. The maximum Gasteiger partial charge on any atom is 0.108 e. The topological polar surface area (TPSA) is 39.1 Å². The molecule has 0 heterocycles. The molecule has 3 aliphatic rings. The van der Waals surface area contributed by atoms with Crippen molar-refractivity contribution in [1.29, 1.82) is 5.26 Å². The fourth-order valence-electron chi connectivity index (χ4n) is 3.41. The van der Waals surface area contributed by atoms with Crippen molar-refractivity contribution in [3.05, 3.63) is 0 Å². The van der Waals surface area contributed by atoms with Gasteiger partial charge >= 0.3 is 0 Å². The molecule has 94 valence electrons. The van der Waals surface area contributed by atoms with E-state index in [0.717, 1.165) is 25.4 Å². The van der Waals surface area contributed by atoms with Crippen LogP contribution in [-0.2, 0) is 0 Å². The predicted molar refractivity (Wildman–Crippen MR) is 67.5 cm³/mol. The highest BCUT2D eigenvalue weighted by molar-refractivity contribution is 5.16. The van der Waals surface area contributed by atoms with Crippen LogP contribution in [0.5, 0.6) is 0 Å². The minimum atomic E-state index is -0.200. The summed E-state index contributed by atoms with van der Waals surface area (Å²) in [6.45, 7) is 3.42. The first kappa shape index (κ1) is 11.5. The lowest BCUT2D eigenvalue weighted by molar-refractivity contribution is 0.192. The number of nitrogens with zero attached hydrogens (tertiary/aromatic N) is 2. The molecule has 0 amide bonds. The van der Waals surface area contributed by atoms with Crippen LogP contribution in [0, 0.1) is 11.3 Å². The quantitative estimate of drug-likeness (QED) is 0.790. The Morgan fingerprint density at radius 1 is 1.24 bits per heavy atom. The molecule has 0 aromatic heterocycles. The highest BCUT2D eigenvalue weighted by atomic mass is 15.2. The molecule has 3 nitrogen and oxygen atoms in total. The van der Waals surface area contributed by atoms with Crippen LogP contribution in [0.25, 0.3) is 0 Å². The number of rotatable bonds is 5. The van der Waals surface area contributed by atoms with Gasteiger partial charge in [0.2, 0.25) is 0 Å². The van der Waals surface area contributed by atoms with Crippen molar-refractivity contribution in [3.8, 4) is 6.07 Å². The summed E-state index contributed by atoms with van der Waals surface area (Å²) in [6, 6.07) is 4.71. The zero-order chi connectivity index (χ0) is 11.9. The van der Waals surface area contributed by atoms with Gasteiger partial charge in [-0.15, -0.1) is 0 Å². The van der Waals surface area contributed by atoms with Crippen LogP contribution in [0.4, 0.5) is 0 Å². The molecule has 3 rings (SSSR count). The van der Waals surface area contributed by atoms with E-state index >= 15 is 0 Å². The van der Waals surface area contributed by atoms with Gasteiger partial charge in [-0.2, -0.15) is 5.26 Å². The molecule has 3 fully saturated rings. The van der Waals surface area contributed by atoms with Crippen LogP contribution < -0.4 is 5.32 Å². The maximum atomic E-state index is 9.49. The molecular weight excluding hydrogens is 210 g/mol. The molecule has 3 aliphatic carbocycles. The first-order valence-electron chi connectivity index (χ1n) is 7.21. The third-order valence-electron chi connectivity index (χ3n) is 4.61. The first-order valence-corrected chi connectivity index (χ1v) is 7.21. The van der Waals surface area contributed by atoms with Gasteiger partial charge in [0.25, 0.3) is 0 Å². The van der Waals surface area contributed by atoms with E-state index in [0.29, 0.717) is 12.1 Å². The molecule has 3 heteroatoms. The molecule has 1 N–H and O–H groups in total. The van der Waals surface area contributed by atoms with Crippen molar-refractivity contribution in [2.45, 2.75) is 75.5 Å². The number of nitrogens with one attached hydrogen (secondary N) is 1. The summed E-state index contributed by atoms with van der Waals surface area (Å²) < 4.78 is 0. The van der Waals surface area contributed by atoms with E-state index < -0.39 is 0 Å². The van der Waals surface area contributed by atoms with Gasteiger partial charge < -0.3 is 0 Å². The molecule has 2 atom stereocenters. The monoisotopic (exact) mass is 233 g/mol. The van der Waals surface area contributed by atoms with Gasteiger partial charge in [0.05, 0.1) is 6.07 Å². The zero-order valence-electron chi connectivity index (χ0n) is 10.8. The Morgan fingerprint density at radius 3 is 2.53 bits per heavy atom. The average Bonchev–Trinajstić information content (AvgIpc) is 3.22.